The summed E-state index contributed by atoms with van der Waals surface area (Å²) in [5.74, 6) is 1.71. The van der Waals surface area contributed by atoms with Gasteiger partial charge < -0.3 is 20.5 Å². The number of benzene rings is 2. The molecule has 26 heavy (non-hydrogen) atoms. The van der Waals surface area contributed by atoms with Gasteiger partial charge in [0.2, 0.25) is 0 Å². The van der Waals surface area contributed by atoms with Crippen molar-refractivity contribution in [2.75, 3.05) is 0 Å². The Morgan fingerprint density at radius 2 is 1.77 bits per heavy atom. The van der Waals surface area contributed by atoms with Gasteiger partial charge in [0.15, 0.2) is 11.5 Å². The molecule has 2 atom stereocenters. The number of amides is 1. The molecule has 2 saturated heterocycles. The van der Waals surface area contributed by atoms with Crippen LogP contribution in [0.4, 0.5) is 4.79 Å². The topological polar surface area (TPSA) is 73.6 Å². The molecule has 2 bridgehead atoms. The number of hydrogen-bond acceptors (Lipinski definition) is 4. The van der Waals surface area contributed by atoms with E-state index in [0.29, 0.717) is 23.6 Å². The number of para-hydroxylation sites is 2. The molecule has 132 valence electrons. The number of carbonyl (C=O) groups is 1. The van der Waals surface area contributed by atoms with Gasteiger partial charge in [-0.05, 0) is 43.4 Å². The van der Waals surface area contributed by atoms with E-state index in [1.54, 1.807) is 6.07 Å². The van der Waals surface area contributed by atoms with Crippen molar-refractivity contribution < 1.29 is 14.3 Å². The molecule has 0 radical (unpaired) electrons. The monoisotopic (exact) mass is 348 g/mol. The average Bonchev–Trinajstić information content (AvgIpc) is 2.97. The molecule has 0 aromatic heterocycles. The van der Waals surface area contributed by atoms with Gasteiger partial charge in [-0.25, -0.2) is 4.79 Å². The van der Waals surface area contributed by atoms with E-state index in [2.05, 4.69) is 11.4 Å². The normalized spacial score (nSPS) is 23.1. The summed E-state index contributed by atoms with van der Waals surface area (Å²) in [6, 6.07) is 14.8. The Morgan fingerprint density at radius 1 is 1.04 bits per heavy atom. The number of rotatable bonds is 1. The first-order chi connectivity index (χ1) is 12.7. The van der Waals surface area contributed by atoms with E-state index in [1.165, 1.54) is 24.0 Å². The molecule has 0 spiro atoms. The summed E-state index contributed by atoms with van der Waals surface area (Å²) in [5, 5.41) is 3.69. The molecule has 5 rings (SSSR count). The molecule has 0 saturated carbocycles. The van der Waals surface area contributed by atoms with Gasteiger partial charge in [0, 0.05) is 23.2 Å². The van der Waals surface area contributed by atoms with Crippen LogP contribution in [0.25, 0.3) is 5.57 Å². The van der Waals surface area contributed by atoms with Crippen LogP contribution in [0.5, 0.6) is 17.2 Å². The van der Waals surface area contributed by atoms with Crippen LogP contribution in [0.1, 0.15) is 36.8 Å². The van der Waals surface area contributed by atoms with Gasteiger partial charge in [-0.15, -0.1) is 0 Å². The van der Waals surface area contributed by atoms with Crippen LogP contribution >= 0.6 is 0 Å². The van der Waals surface area contributed by atoms with Crippen LogP contribution in [0.3, 0.4) is 0 Å². The lowest BCUT2D eigenvalue weighted by atomic mass is 9.84. The van der Waals surface area contributed by atoms with E-state index in [0.717, 1.165) is 29.7 Å². The van der Waals surface area contributed by atoms with Crippen molar-refractivity contribution in [3.05, 3.63) is 59.2 Å². The molecular weight excluding hydrogens is 328 g/mol. The van der Waals surface area contributed by atoms with Crippen LogP contribution in [0, 0.1) is 0 Å². The minimum absolute atomic E-state index is 0.361. The summed E-state index contributed by atoms with van der Waals surface area (Å²) in [6.45, 7) is 0. The number of ether oxygens (including phenoxy) is 2. The number of carbonyl (C=O) groups excluding carboxylic acids is 1. The predicted octanol–water partition coefficient (Wildman–Crippen LogP) is 3.97. The summed E-state index contributed by atoms with van der Waals surface area (Å²) < 4.78 is 11.3. The lowest BCUT2D eigenvalue weighted by Gasteiger charge is -2.30. The Balaban J connectivity index is 1.72. The van der Waals surface area contributed by atoms with E-state index < -0.39 is 6.09 Å². The lowest BCUT2D eigenvalue weighted by molar-refractivity contribution is 0.209. The molecule has 2 unspecified atom stereocenters. The number of hydrogen-bond donors (Lipinski definition) is 2. The Bertz CT molecular complexity index is 921. The first kappa shape index (κ1) is 15.5. The van der Waals surface area contributed by atoms with Crippen LogP contribution in [0.15, 0.2) is 48.0 Å². The van der Waals surface area contributed by atoms with E-state index >= 15 is 0 Å². The molecular formula is C21H20N2O3. The van der Waals surface area contributed by atoms with E-state index in [9.17, 15) is 4.79 Å². The average molecular weight is 348 g/mol. The molecule has 3 aliphatic heterocycles. The third-order valence-corrected chi connectivity index (χ3v) is 5.50. The third kappa shape index (κ3) is 2.47. The third-order valence-electron chi connectivity index (χ3n) is 5.50. The van der Waals surface area contributed by atoms with E-state index in [-0.39, 0.29) is 0 Å². The van der Waals surface area contributed by atoms with E-state index in [1.807, 2.05) is 30.3 Å². The maximum Gasteiger partial charge on any atom is 0.410 e. The maximum atomic E-state index is 11.3. The zero-order valence-corrected chi connectivity index (χ0v) is 14.3. The molecule has 2 aromatic rings. The standard InChI is InChI=1S/C21H20N2O3/c22-21(24)26-18-7-3-5-16-19(12-10-13-8-9-14(11-12)23-13)15-4-1-2-6-17(15)25-20(16)18/h1-7,13-14,23H,8-11H2,(H2,22,24). The molecule has 0 aliphatic carbocycles. The SMILES string of the molecule is NC(=O)Oc1cccc2c1Oc1ccccc1C2=C1CC2CCC(C1)N2. The van der Waals surface area contributed by atoms with Crippen LogP contribution in [-0.4, -0.2) is 18.2 Å². The van der Waals surface area contributed by atoms with Gasteiger partial charge in [0.05, 0.1) is 0 Å². The molecule has 2 aromatic carbocycles. The first-order valence-electron chi connectivity index (χ1n) is 9.05. The molecule has 5 nitrogen and oxygen atoms in total. The van der Waals surface area contributed by atoms with Crippen LogP contribution in [-0.2, 0) is 0 Å². The Hall–Kier alpha value is -2.79. The summed E-state index contributed by atoms with van der Waals surface area (Å²) >= 11 is 0. The van der Waals surface area contributed by atoms with Gasteiger partial charge in [0.1, 0.15) is 5.75 Å². The van der Waals surface area contributed by atoms with Gasteiger partial charge in [-0.3, -0.25) is 0 Å². The fourth-order valence-corrected chi connectivity index (χ4v) is 4.51. The Kier molecular flexibility index (Phi) is 3.50. The summed E-state index contributed by atoms with van der Waals surface area (Å²) in [7, 11) is 0. The van der Waals surface area contributed by atoms with Crippen molar-refractivity contribution in [1.82, 2.24) is 5.32 Å². The molecule has 3 heterocycles. The van der Waals surface area contributed by atoms with Crippen molar-refractivity contribution in [2.24, 2.45) is 5.73 Å². The van der Waals surface area contributed by atoms with Crippen molar-refractivity contribution in [3.8, 4) is 17.2 Å². The number of nitrogens with two attached hydrogens (primary N) is 1. The molecule has 1 amide bonds. The molecule has 3 aliphatic rings. The van der Waals surface area contributed by atoms with Gasteiger partial charge in [-0.2, -0.15) is 0 Å². The lowest BCUT2D eigenvalue weighted by Crippen LogP contribution is -2.35. The Labute approximate surface area is 151 Å². The Morgan fingerprint density at radius 3 is 2.54 bits per heavy atom. The minimum Gasteiger partial charge on any atom is -0.452 e. The second kappa shape index (κ2) is 5.88. The highest BCUT2D eigenvalue weighted by atomic mass is 16.6. The van der Waals surface area contributed by atoms with Crippen molar-refractivity contribution in [3.63, 3.8) is 0 Å². The second-order valence-corrected chi connectivity index (χ2v) is 7.18. The summed E-state index contributed by atoms with van der Waals surface area (Å²) in [6.07, 6.45) is 3.71. The second-order valence-electron chi connectivity index (χ2n) is 7.18. The number of piperidine rings is 1. The number of primary amides is 1. The highest BCUT2D eigenvalue weighted by molar-refractivity contribution is 5.91. The van der Waals surface area contributed by atoms with Gasteiger partial charge in [-0.1, -0.05) is 35.9 Å². The molecule has 2 fully saturated rings. The zero-order valence-electron chi connectivity index (χ0n) is 14.3. The van der Waals surface area contributed by atoms with Gasteiger partial charge >= 0.3 is 6.09 Å². The van der Waals surface area contributed by atoms with Crippen molar-refractivity contribution >= 4 is 11.7 Å². The van der Waals surface area contributed by atoms with E-state index in [4.69, 9.17) is 15.2 Å². The molecule has 5 heteroatoms. The minimum atomic E-state index is -0.838. The fourth-order valence-electron chi connectivity index (χ4n) is 4.51. The largest absolute Gasteiger partial charge is 0.452 e. The highest BCUT2D eigenvalue weighted by Gasteiger charge is 2.34. The predicted molar refractivity (Wildman–Crippen MR) is 98.4 cm³/mol. The smallest absolute Gasteiger partial charge is 0.410 e. The summed E-state index contributed by atoms with van der Waals surface area (Å²) in [4.78, 5) is 11.3. The maximum absolute atomic E-state index is 11.3. The number of fused-ring (bicyclic) bond motifs is 4. The van der Waals surface area contributed by atoms with Crippen LogP contribution < -0.4 is 20.5 Å². The number of nitrogens with one attached hydrogen (secondary N) is 1. The van der Waals surface area contributed by atoms with Gasteiger partial charge in [0.25, 0.3) is 0 Å². The molecule has 3 N–H and O–H groups in total. The van der Waals surface area contributed by atoms with Crippen molar-refractivity contribution in [2.45, 2.75) is 37.8 Å². The summed E-state index contributed by atoms with van der Waals surface area (Å²) in [5.41, 5.74) is 9.98. The first-order valence-corrected chi connectivity index (χ1v) is 9.05. The zero-order chi connectivity index (χ0) is 17.7. The quantitative estimate of drug-likeness (QED) is 0.698. The fraction of sp³-hybridized carbons (Fsp3) is 0.286. The highest BCUT2D eigenvalue weighted by Crippen LogP contribution is 2.50. The van der Waals surface area contributed by atoms with Crippen LogP contribution in [0.2, 0.25) is 0 Å². The van der Waals surface area contributed by atoms with Crippen molar-refractivity contribution in [1.29, 1.82) is 0 Å².